The zero-order valence-corrected chi connectivity index (χ0v) is 10.4. The summed E-state index contributed by atoms with van der Waals surface area (Å²) in [7, 11) is 0. The summed E-state index contributed by atoms with van der Waals surface area (Å²) in [6, 6.07) is 0. The van der Waals surface area contributed by atoms with Gasteiger partial charge in [-0.1, -0.05) is 0 Å². The summed E-state index contributed by atoms with van der Waals surface area (Å²) >= 11 is 0. The average molecular weight is 248 g/mol. The molecule has 17 heavy (non-hydrogen) atoms. The topological polar surface area (TPSA) is 29.5 Å². The number of rotatable bonds is 3. The van der Waals surface area contributed by atoms with Gasteiger partial charge in [0.15, 0.2) is 0 Å². The second-order valence-corrected chi connectivity index (χ2v) is 5.68. The molecule has 1 saturated heterocycles. The molecular formula is C13H22F2O2. The predicted octanol–water partition coefficient (Wildman–Crippen LogP) is 3.13. The zero-order chi connectivity index (χ0) is 12.5. The van der Waals surface area contributed by atoms with Gasteiger partial charge in [-0.05, 0) is 44.9 Å². The lowest BCUT2D eigenvalue weighted by Gasteiger charge is -2.31. The van der Waals surface area contributed by atoms with E-state index in [2.05, 4.69) is 0 Å². The SMILES string of the molecule is CC1CCC(C(O)CC2CCCC(F)(F)C2)O1. The van der Waals surface area contributed by atoms with E-state index in [0.717, 1.165) is 19.3 Å². The molecule has 0 aromatic rings. The number of alkyl halides is 2. The van der Waals surface area contributed by atoms with Crippen LogP contribution in [-0.4, -0.2) is 29.3 Å². The Morgan fingerprint density at radius 2 is 2.12 bits per heavy atom. The van der Waals surface area contributed by atoms with Crippen LogP contribution in [0.5, 0.6) is 0 Å². The summed E-state index contributed by atoms with van der Waals surface area (Å²) < 4.78 is 32.0. The fourth-order valence-corrected chi connectivity index (χ4v) is 3.09. The van der Waals surface area contributed by atoms with Crippen LogP contribution in [0.25, 0.3) is 0 Å². The highest BCUT2D eigenvalue weighted by atomic mass is 19.3. The van der Waals surface area contributed by atoms with E-state index in [1.165, 1.54) is 0 Å². The van der Waals surface area contributed by atoms with Crippen molar-refractivity contribution in [1.82, 2.24) is 0 Å². The number of hydrogen-bond donors (Lipinski definition) is 1. The van der Waals surface area contributed by atoms with E-state index in [0.29, 0.717) is 12.8 Å². The molecular weight excluding hydrogens is 226 g/mol. The molecule has 2 rings (SSSR count). The van der Waals surface area contributed by atoms with Crippen molar-refractivity contribution in [3.05, 3.63) is 0 Å². The molecule has 2 aliphatic rings. The minimum atomic E-state index is -2.52. The third-order valence-electron chi connectivity index (χ3n) is 4.01. The molecule has 2 fully saturated rings. The molecule has 4 heteroatoms. The molecule has 0 aromatic heterocycles. The van der Waals surface area contributed by atoms with Gasteiger partial charge in [-0.3, -0.25) is 0 Å². The Morgan fingerprint density at radius 3 is 2.71 bits per heavy atom. The van der Waals surface area contributed by atoms with Gasteiger partial charge in [0.1, 0.15) is 0 Å². The van der Waals surface area contributed by atoms with Crippen molar-refractivity contribution in [2.75, 3.05) is 0 Å². The first-order valence-electron chi connectivity index (χ1n) is 6.67. The van der Waals surface area contributed by atoms with E-state index in [1.807, 2.05) is 6.92 Å². The standard InChI is InChI=1S/C13H22F2O2/c1-9-4-5-12(17-9)11(16)7-10-3-2-6-13(14,15)8-10/h9-12,16H,2-8H2,1H3. The van der Waals surface area contributed by atoms with Gasteiger partial charge in [-0.25, -0.2) is 8.78 Å². The normalized spacial score (nSPS) is 39.2. The number of aliphatic hydroxyl groups excluding tert-OH is 1. The Morgan fingerprint density at radius 1 is 1.35 bits per heavy atom. The molecule has 0 bridgehead atoms. The van der Waals surface area contributed by atoms with Crippen molar-refractivity contribution in [1.29, 1.82) is 0 Å². The monoisotopic (exact) mass is 248 g/mol. The van der Waals surface area contributed by atoms with Crippen LogP contribution in [0.3, 0.4) is 0 Å². The fourth-order valence-electron chi connectivity index (χ4n) is 3.09. The van der Waals surface area contributed by atoms with Crippen LogP contribution >= 0.6 is 0 Å². The molecule has 4 unspecified atom stereocenters. The van der Waals surface area contributed by atoms with Gasteiger partial charge in [-0.2, -0.15) is 0 Å². The van der Waals surface area contributed by atoms with Crippen LogP contribution in [0.1, 0.15) is 51.9 Å². The summed E-state index contributed by atoms with van der Waals surface area (Å²) in [4.78, 5) is 0. The number of ether oxygens (including phenoxy) is 1. The molecule has 0 aromatic carbocycles. The molecule has 2 nitrogen and oxygen atoms in total. The van der Waals surface area contributed by atoms with Crippen LogP contribution < -0.4 is 0 Å². The van der Waals surface area contributed by atoms with Crippen molar-refractivity contribution < 1.29 is 18.6 Å². The maximum Gasteiger partial charge on any atom is 0.248 e. The van der Waals surface area contributed by atoms with E-state index in [9.17, 15) is 13.9 Å². The highest BCUT2D eigenvalue weighted by molar-refractivity contribution is 4.84. The lowest BCUT2D eigenvalue weighted by atomic mass is 9.82. The Hall–Kier alpha value is -0.220. The Labute approximate surface area is 101 Å². The number of hydrogen-bond acceptors (Lipinski definition) is 2. The summed E-state index contributed by atoms with van der Waals surface area (Å²) in [6.07, 6.45) is 3.10. The van der Waals surface area contributed by atoms with Crippen molar-refractivity contribution in [2.24, 2.45) is 5.92 Å². The number of halogens is 2. The van der Waals surface area contributed by atoms with Crippen LogP contribution in [0, 0.1) is 5.92 Å². The molecule has 1 aliphatic heterocycles. The maximum atomic E-state index is 13.2. The molecule has 1 aliphatic carbocycles. The smallest absolute Gasteiger partial charge is 0.248 e. The van der Waals surface area contributed by atoms with Crippen LogP contribution in [0.4, 0.5) is 8.78 Å². The summed E-state index contributed by atoms with van der Waals surface area (Å²) in [6.45, 7) is 1.99. The summed E-state index contributed by atoms with van der Waals surface area (Å²) in [5.41, 5.74) is 0. The molecule has 1 N–H and O–H groups in total. The first-order valence-corrected chi connectivity index (χ1v) is 6.67. The maximum absolute atomic E-state index is 13.2. The first kappa shape index (κ1) is 13.2. The largest absolute Gasteiger partial charge is 0.390 e. The van der Waals surface area contributed by atoms with Crippen molar-refractivity contribution in [2.45, 2.75) is 76.1 Å². The van der Waals surface area contributed by atoms with Gasteiger partial charge >= 0.3 is 0 Å². The van der Waals surface area contributed by atoms with Gasteiger partial charge in [0.2, 0.25) is 5.92 Å². The number of aliphatic hydroxyl groups is 1. The lowest BCUT2D eigenvalue weighted by Crippen LogP contribution is -2.33. The van der Waals surface area contributed by atoms with Crippen molar-refractivity contribution in [3.8, 4) is 0 Å². The van der Waals surface area contributed by atoms with E-state index in [1.54, 1.807) is 0 Å². The molecule has 1 saturated carbocycles. The van der Waals surface area contributed by atoms with Crippen LogP contribution in [0.15, 0.2) is 0 Å². The molecule has 100 valence electrons. The molecule has 0 amide bonds. The van der Waals surface area contributed by atoms with Gasteiger partial charge in [0, 0.05) is 12.8 Å². The predicted molar refractivity (Wildman–Crippen MR) is 61.1 cm³/mol. The third-order valence-corrected chi connectivity index (χ3v) is 4.01. The molecule has 0 spiro atoms. The van der Waals surface area contributed by atoms with E-state index in [4.69, 9.17) is 4.74 Å². The Bertz CT molecular complexity index is 258. The van der Waals surface area contributed by atoms with Gasteiger partial charge in [-0.15, -0.1) is 0 Å². The minimum absolute atomic E-state index is 0.0105. The lowest BCUT2D eigenvalue weighted by molar-refractivity contribution is -0.0747. The highest BCUT2D eigenvalue weighted by Crippen LogP contribution is 2.39. The van der Waals surface area contributed by atoms with E-state index < -0.39 is 12.0 Å². The highest BCUT2D eigenvalue weighted by Gasteiger charge is 2.38. The van der Waals surface area contributed by atoms with E-state index in [-0.39, 0.29) is 31.0 Å². The first-order chi connectivity index (χ1) is 7.96. The third kappa shape index (κ3) is 3.62. The quantitative estimate of drug-likeness (QED) is 0.831. The Balaban J connectivity index is 1.80. The zero-order valence-electron chi connectivity index (χ0n) is 10.4. The van der Waals surface area contributed by atoms with Crippen LogP contribution in [0.2, 0.25) is 0 Å². The molecule has 4 atom stereocenters. The van der Waals surface area contributed by atoms with E-state index >= 15 is 0 Å². The Kier molecular flexibility index (Phi) is 4.03. The average Bonchev–Trinajstić information content (AvgIpc) is 2.63. The second-order valence-electron chi connectivity index (χ2n) is 5.68. The summed E-state index contributed by atoms with van der Waals surface area (Å²) in [5.74, 6) is -2.57. The van der Waals surface area contributed by atoms with Gasteiger partial charge in [0.25, 0.3) is 0 Å². The summed E-state index contributed by atoms with van der Waals surface area (Å²) in [5, 5.41) is 10.0. The van der Waals surface area contributed by atoms with Gasteiger partial charge < -0.3 is 9.84 Å². The van der Waals surface area contributed by atoms with Crippen molar-refractivity contribution in [3.63, 3.8) is 0 Å². The van der Waals surface area contributed by atoms with Crippen LogP contribution in [-0.2, 0) is 4.74 Å². The van der Waals surface area contributed by atoms with Gasteiger partial charge in [0.05, 0.1) is 18.3 Å². The minimum Gasteiger partial charge on any atom is -0.390 e. The fraction of sp³-hybridized carbons (Fsp3) is 1.00. The second kappa shape index (κ2) is 5.19. The molecule has 1 heterocycles. The molecule has 0 radical (unpaired) electrons. The van der Waals surface area contributed by atoms with Crippen molar-refractivity contribution >= 4 is 0 Å².